The predicted molar refractivity (Wildman–Crippen MR) is 76.4 cm³/mol. The molecule has 1 fully saturated rings. The molecule has 6 nitrogen and oxygen atoms in total. The van der Waals surface area contributed by atoms with Crippen molar-refractivity contribution in [3.63, 3.8) is 0 Å². The Labute approximate surface area is 120 Å². The van der Waals surface area contributed by atoms with Crippen molar-refractivity contribution in [3.05, 3.63) is 11.8 Å². The van der Waals surface area contributed by atoms with E-state index in [1.165, 1.54) is 12.8 Å². The summed E-state index contributed by atoms with van der Waals surface area (Å²) in [6.45, 7) is 7.86. The van der Waals surface area contributed by atoms with Crippen LogP contribution < -0.4 is 5.32 Å². The molecule has 0 amide bonds. The molecule has 0 spiro atoms. The molecule has 114 valence electrons. The van der Waals surface area contributed by atoms with E-state index in [0.29, 0.717) is 0 Å². The van der Waals surface area contributed by atoms with Gasteiger partial charge in [0, 0.05) is 20.1 Å². The summed E-state index contributed by atoms with van der Waals surface area (Å²) in [4.78, 5) is 2.40. The molecule has 1 aliphatic heterocycles. The largest absolute Gasteiger partial charge is 0.424 e. The van der Waals surface area contributed by atoms with Gasteiger partial charge in [-0.25, -0.2) is 0 Å². The monoisotopic (exact) mass is 282 g/mol. The van der Waals surface area contributed by atoms with Gasteiger partial charge in [0.05, 0.1) is 13.2 Å². The average molecular weight is 282 g/mol. The van der Waals surface area contributed by atoms with E-state index in [9.17, 15) is 0 Å². The van der Waals surface area contributed by atoms with E-state index in [-0.39, 0.29) is 0 Å². The van der Waals surface area contributed by atoms with Crippen LogP contribution in [0.25, 0.3) is 0 Å². The Morgan fingerprint density at radius 1 is 1.30 bits per heavy atom. The van der Waals surface area contributed by atoms with Crippen molar-refractivity contribution >= 4 is 0 Å². The summed E-state index contributed by atoms with van der Waals surface area (Å²) in [6, 6.07) is 0. The van der Waals surface area contributed by atoms with Crippen LogP contribution in [0.15, 0.2) is 4.42 Å². The molecule has 2 rings (SSSR count). The smallest absolute Gasteiger partial charge is 0.230 e. The lowest BCUT2D eigenvalue weighted by molar-refractivity contribution is 0.157. The predicted octanol–water partition coefficient (Wildman–Crippen LogP) is 1.08. The van der Waals surface area contributed by atoms with Gasteiger partial charge in [0.25, 0.3) is 0 Å². The quantitative estimate of drug-likeness (QED) is 0.720. The zero-order valence-electron chi connectivity index (χ0n) is 12.6. The Kier molecular flexibility index (Phi) is 6.42. The standard InChI is InChI=1S/C14H26N4O2/c1-3-13-16-17-14(20-13)11-18-7-4-12(5-8-18)10-15-6-9-19-2/h12,15H,3-11H2,1-2H3. The van der Waals surface area contributed by atoms with Gasteiger partial charge < -0.3 is 14.5 Å². The second kappa shape index (κ2) is 8.34. The molecule has 1 saturated heterocycles. The van der Waals surface area contributed by atoms with Crippen LogP contribution in [0.1, 0.15) is 31.5 Å². The van der Waals surface area contributed by atoms with Crippen LogP contribution in [0.2, 0.25) is 0 Å². The lowest BCUT2D eigenvalue weighted by atomic mass is 9.97. The molecule has 0 atom stereocenters. The highest BCUT2D eigenvalue weighted by atomic mass is 16.5. The number of rotatable bonds is 8. The van der Waals surface area contributed by atoms with Crippen molar-refractivity contribution in [2.24, 2.45) is 5.92 Å². The third-order valence-corrected chi connectivity index (χ3v) is 3.79. The van der Waals surface area contributed by atoms with Gasteiger partial charge in [-0.3, -0.25) is 4.90 Å². The fourth-order valence-corrected chi connectivity index (χ4v) is 2.52. The maximum atomic E-state index is 5.56. The summed E-state index contributed by atoms with van der Waals surface area (Å²) in [5, 5.41) is 11.5. The molecule has 1 aliphatic rings. The molecule has 0 radical (unpaired) electrons. The molecule has 2 heterocycles. The van der Waals surface area contributed by atoms with Gasteiger partial charge >= 0.3 is 0 Å². The fraction of sp³-hybridized carbons (Fsp3) is 0.857. The molecular weight excluding hydrogens is 256 g/mol. The first kappa shape index (κ1) is 15.4. The summed E-state index contributed by atoms with van der Waals surface area (Å²) in [5.74, 6) is 2.26. The first-order chi connectivity index (χ1) is 9.81. The number of nitrogens with one attached hydrogen (secondary N) is 1. The Balaban J connectivity index is 1.63. The number of nitrogens with zero attached hydrogens (tertiary/aromatic N) is 3. The Morgan fingerprint density at radius 2 is 2.05 bits per heavy atom. The molecule has 20 heavy (non-hydrogen) atoms. The van der Waals surface area contributed by atoms with Crippen molar-refractivity contribution < 1.29 is 9.15 Å². The van der Waals surface area contributed by atoms with E-state index in [2.05, 4.69) is 20.4 Å². The lowest BCUT2D eigenvalue weighted by Gasteiger charge is -2.31. The molecule has 0 aliphatic carbocycles. The molecule has 0 saturated carbocycles. The molecule has 0 bridgehead atoms. The SMILES string of the molecule is CCc1nnc(CN2CCC(CNCCOC)CC2)o1. The minimum Gasteiger partial charge on any atom is -0.424 e. The Bertz CT molecular complexity index is 375. The highest BCUT2D eigenvalue weighted by molar-refractivity contribution is 4.83. The number of hydrogen-bond acceptors (Lipinski definition) is 6. The van der Waals surface area contributed by atoms with Crippen LogP contribution >= 0.6 is 0 Å². The molecule has 1 N–H and O–H groups in total. The fourth-order valence-electron chi connectivity index (χ4n) is 2.52. The molecule has 0 unspecified atom stereocenters. The normalized spacial score (nSPS) is 17.7. The van der Waals surface area contributed by atoms with Crippen LogP contribution in [0, 0.1) is 5.92 Å². The van der Waals surface area contributed by atoms with E-state index in [1.54, 1.807) is 7.11 Å². The molecule has 1 aromatic rings. The minimum absolute atomic E-state index is 0.734. The highest BCUT2D eigenvalue weighted by Crippen LogP contribution is 2.18. The average Bonchev–Trinajstić information content (AvgIpc) is 2.93. The van der Waals surface area contributed by atoms with Gasteiger partial charge in [0.15, 0.2) is 0 Å². The topological polar surface area (TPSA) is 63.4 Å². The lowest BCUT2D eigenvalue weighted by Crippen LogP contribution is -2.37. The van der Waals surface area contributed by atoms with Crippen LogP contribution in [0.3, 0.4) is 0 Å². The van der Waals surface area contributed by atoms with Crippen molar-refractivity contribution in [2.45, 2.75) is 32.7 Å². The van der Waals surface area contributed by atoms with Gasteiger partial charge in [-0.1, -0.05) is 6.92 Å². The van der Waals surface area contributed by atoms with Crippen LogP contribution in [0.4, 0.5) is 0 Å². The zero-order chi connectivity index (χ0) is 14.2. The highest BCUT2D eigenvalue weighted by Gasteiger charge is 2.20. The summed E-state index contributed by atoms with van der Waals surface area (Å²) >= 11 is 0. The van der Waals surface area contributed by atoms with Gasteiger partial charge in [0.1, 0.15) is 0 Å². The molecule has 0 aromatic carbocycles. The third-order valence-electron chi connectivity index (χ3n) is 3.79. The second-order valence-electron chi connectivity index (χ2n) is 5.36. The number of aryl methyl sites for hydroxylation is 1. The molecule has 1 aromatic heterocycles. The first-order valence-corrected chi connectivity index (χ1v) is 7.55. The maximum absolute atomic E-state index is 5.56. The van der Waals surface area contributed by atoms with Crippen molar-refractivity contribution in [2.75, 3.05) is 39.9 Å². The number of methoxy groups -OCH3 is 1. The number of aromatic nitrogens is 2. The van der Waals surface area contributed by atoms with Crippen molar-refractivity contribution in [3.8, 4) is 0 Å². The molecule has 6 heteroatoms. The van der Waals surface area contributed by atoms with E-state index in [0.717, 1.165) is 63.5 Å². The van der Waals surface area contributed by atoms with Gasteiger partial charge in [-0.2, -0.15) is 0 Å². The van der Waals surface area contributed by atoms with Crippen LogP contribution in [0.5, 0.6) is 0 Å². The van der Waals surface area contributed by atoms with Crippen LogP contribution in [-0.2, 0) is 17.7 Å². The minimum atomic E-state index is 0.734. The molecular formula is C14H26N4O2. The summed E-state index contributed by atoms with van der Waals surface area (Å²) < 4.78 is 10.6. The Morgan fingerprint density at radius 3 is 2.70 bits per heavy atom. The first-order valence-electron chi connectivity index (χ1n) is 7.55. The Hall–Kier alpha value is -0.980. The number of hydrogen-bond donors (Lipinski definition) is 1. The van der Waals surface area contributed by atoms with E-state index in [1.807, 2.05) is 6.92 Å². The van der Waals surface area contributed by atoms with E-state index in [4.69, 9.17) is 9.15 Å². The van der Waals surface area contributed by atoms with E-state index >= 15 is 0 Å². The number of ether oxygens (including phenoxy) is 1. The maximum Gasteiger partial charge on any atom is 0.230 e. The van der Waals surface area contributed by atoms with Crippen molar-refractivity contribution in [1.82, 2.24) is 20.4 Å². The van der Waals surface area contributed by atoms with E-state index < -0.39 is 0 Å². The van der Waals surface area contributed by atoms with Crippen molar-refractivity contribution in [1.29, 1.82) is 0 Å². The second-order valence-corrected chi connectivity index (χ2v) is 5.36. The third kappa shape index (κ3) is 4.85. The summed E-state index contributed by atoms with van der Waals surface area (Å²) in [7, 11) is 1.74. The van der Waals surface area contributed by atoms with Gasteiger partial charge in [-0.05, 0) is 38.4 Å². The summed E-state index contributed by atoms with van der Waals surface area (Å²) in [5.41, 5.74) is 0. The van der Waals surface area contributed by atoms with Gasteiger partial charge in [0.2, 0.25) is 11.8 Å². The van der Waals surface area contributed by atoms with Crippen LogP contribution in [-0.4, -0.2) is 55.0 Å². The number of piperidine rings is 1. The zero-order valence-corrected chi connectivity index (χ0v) is 12.6. The van der Waals surface area contributed by atoms with Gasteiger partial charge in [-0.15, -0.1) is 10.2 Å². The summed E-state index contributed by atoms with van der Waals surface area (Å²) in [6.07, 6.45) is 3.27. The number of likely N-dealkylation sites (tertiary alicyclic amines) is 1.